The van der Waals surface area contributed by atoms with Gasteiger partial charge in [-0.2, -0.15) is 5.10 Å². The second-order valence-electron chi connectivity index (χ2n) is 24.0. The lowest BCUT2D eigenvalue weighted by Gasteiger charge is -2.19. The van der Waals surface area contributed by atoms with E-state index in [1.807, 2.05) is 109 Å². The van der Waals surface area contributed by atoms with E-state index in [9.17, 15) is 39.6 Å². The number of carbonyl (C=O) groups is 4. The number of phenolic OH excluding ortho intramolecular Hbond substituents is 4. The summed E-state index contributed by atoms with van der Waals surface area (Å²) in [6.45, 7) is 15.7. The topological polar surface area (TPSA) is 258 Å². The van der Waals surface area contributed by atoms with Gasteiger partial charge in [-0.15, -0.1) is 11.3 Å². The average molecular weight is 1290 g/mol. The first kappa shape index (κ1) is 67.7. The fourth-order valence-electron chi connectivity index (χ4n) is 9.60. The van der Waals surface area contributed by atoms with Gasteiger partial charge >= 0.3 is 0 Å². The maximum absolute atomic E-state index is 12.4. The van der Waals surface area contributed by atoms with Gasteiger partial charge in [0.2, 0.25) is 0 Å². The number of phenols is 4. The molecule has 0 aliphatic carbocycles. The molecule has 95 heavy (non-hydrogen) atoms. The molecule has 4 heterocycles. The fraction of sp³-hybridized carbons (Fsp3) is 0.141. The molecule has 0 unspecified atom stereocenters. The molecule has 12 aromatic rings. The lowest BCUT2D eigenvalue weighted by Crippen LogP contribution is -2.21. The van der Waals surface area contributed by atoms with Crippen LogP contribution in [-0.4, -0.2) is 64.2 Å². The molecule has 0 spiro atoms. The van der Waals surface area contributed by atoms with Gasteiger partial charge < -0.3 is 51.7 Å². The summed E-state index contributed by atoms with van der Waals surface area (Å²) in [6.07, 6.45) is 3.52. The van der Waals surface area contributed by atoms with Gasteiger partial charge in [-0.25, -0.2) is 0 Å². The molecule has 0 aliphatic rings. The molecule has 0 saturated carbocycles. The Bertz CT molecular complexity index is 4470. The van der Waals surface area contributed by atoms with Crippen LogP contribution in [0.4, 0.5) is 17.1 Å². The Morgan fingerprint density at radius 3 is 1.37 bits per heavy atom. The predicted octanol–water partition coefficient (Wildman–Crippen LogP) is 17.9. The minimum Gasteiger partial charge on any atom is -0.508 e. The maximum Gasteiger partial charge on any atom is 0.273 e. The van der Waals surface area contributed by atoms with Crippen LogP contribution in [0.3, 0.4) is 0 Å². The van der Waals surface area contributed by atoms with Crippen molar-refractivity contribution in [2.24, 2.45) is 0 Å². The Labute approximate surface area is 556 Å². The van der Waals surface area contributed by atoms with Gasteiger partial charge in [0.1, 0.15) is 40.1 Å². The first-order chi connectivity index (χ1) is 45.6. The van der Waals surface area contributed by atoms with Crippen molar-refractivity contribution in [1.29, 1.82) is 0 Å². The second-order valence-corrected chi connectivity index (χ2v) is 25.1. The minimum absolute atomic E-state index is 0.0195. The van der Waals surface area contributed by atoms with Gasteiger partial charge in [-0.3, -0.25) is 24.3 Å². The SMILES string of the molecule is CC(C)(C)c1ccc(NC(=O)c2cc(-c3ccc(O)cc3)c[nH]2)cc1.CC(C)c1ccc(-c2ccc(C(=O)NCc3ccccc3)s2)cc1.CC(C)c1ccc(NC(=O)c2cc(-c3cccc(O)c3)n[nH]2)cc1.O=C(Nc1ccc(O)cc1)c1cc(-c2ccc(O)cc2)c[nH]1. The molecule has 0 saturated heterocycles. The number of hydrogen-bond donors (Lipinski definition) is 11. The van der Waals surface area contributed by atoms with Crippen LogP contribution in [0.5, 0.6) is 23.0 Å². The monoisotopic (exact) mass is 1280 g/mol. The van der Waals surface area contributed by atoms with Crippen molar-refractivity contribution in [3.05, 3.63) is 287 Å². The third-order valence-corrected chi connectivity index (χ3v) is 16.3. The van der Waals surface area contributed by atoms with Gasteiger partial charge in [-0.1, -0.05) is 164 Å². The molecule has 0 atom stereocenters. The molecule has 4 amide bonds. The van der Waals surface area contributed by atoms with E-state index < -0.39 is 0 Å². The van der Waals surface area contributed by atoms with Crippen LogP contribution in [0.15, 0.2) is 243 Å². The summed E-state index contributed by atoms with van der Waals surface area (Å²) in [5, 5.41) is 55.7. The van der Waals surface area contributed by atoms with E-state index in [2.05, 4.69) is 114 Å². The predicted molar refractivity (Wildman–Crippen MR) is 381 cm³/mol. The molecule has 482 valence electrons. The highest BCUT2D eigenvalue weighted by molar-refractivity contribution is 7.17. The molecule has 0 bridgehead atoms. The second kappa shape index (κ2) is 31.6. The Morgan fingerprint density at radius 1 is 0.432 bits per heavy atom. The average Bonchev–Trinajstić information content (AvgIpc) is 2.72. The number of amides is 4. The maximum atomic E-state index is 12.4. The summed E-state index contributed by atoms with van der Waals surface area (Å²) in [5.74, 6) is 0.970. The number of rotatable bonds is 15. The molecule has 0 radical (unpaired) electrons. The zero-order valence-electron chi connectivity index (χ0n) is 53.7. The number of anilines is 3. The Balaban J connectivity index is 0.000000149. The number of nitrogens with one attached hydrogen (secondary N) is 7. The molecule has 0 aliphatic heterocycles. The smallest absolute Gasteiger partial charge is 0.273 e. The van der Waals surface area contributed by atoms with E-state index in [0.29, 0.717) is 46.8 Å². The number of H-pyrrole nitrogens is 3. The lowest BCUT2D eigenvalue weighted by atomic mass is 9.87. The molecule has 11 N–H and O–H groups in total. The molecular weight excluding hydrogens is 1210 g/mol. The van der Waals surface area contributed by atoms with Crippen molar-refractivity contribution in [3.63, 3.8) is 0 Å². The lowest BCUT2D eigenvalue weighted by molar-refractivity contribution is 0.0952. The molecule has 16 nitrogen and oxygen atoms in total. The number of aromatic amines is 3. The largest absolute Gasteiger partial charge is 0.508 e. The van der Waals surface area contributed by atoms with Crippen molar-refractivity contribution < 1.29 is 39.6 Å². The molecule has 0 fully saturated rings. The molecule has 12 rings (SSSR count). The van der Waals surface area contributed by atoms with E-state index in [1.165, 1.54) is 40.2 Å². The highest BCUT2D eigenvalue weighted by atomic mass is 32.1. The van der Waals surface area contributed by atoms with Gasteiger partial charge in [-0.05, 0) is 183 Å². The van der Waals surface area contributed by atoms with Crippen molar-refractivity contribution in [1.82, 2.24) is 25.5 Å². The Hall–Kier alpha value is -11.7. The van der Waals surface area contributed by atoms with Crippen LogP contribution in [-0.2, 0) is 12.0 Å². The molecule has 8 aromatic carbocycles. The quantitative estimate of drug-likeness (QED) is 0.0436. The van der Waals surface area contributed by atoms with Crippen LogP contribution < -0.4 is 21.3 Å². The summed E-state index contributed by atoms with van der Waals surface area (Å²) in [4.78, 5) is 57.0. The van der Waals surface area contributed by atoms with Gasteiger partial charge in [0.15, 0.2) is 0 Å². The summed E-state index contributed by atoms with van der Waals surface area (Å²) in [5.41, 5.74) is 14.4. The summed E-state index contributed by atoms with van der Waals surface area (Å²) in [6, 6.07) is 70.0. The number of hydrogen-bond acceptors (Lipinski definition) is 10. The minimum atomic E-state index is -0.268. The Kier molecular flexibility index (Phi) is 22.5. The first-order valence-corrected chi connectivity index (χ1v) is 31.7. The number of benzene rings is 8. The van der Waals surface area contributed by atoms with E-state index >= 15 is 0 Å². The number of aromatic hydroxyl groups is 4. The standard InChI is InChI=1S/C21H22N2O2.C21H21NOS.C19H19N3O2.C17H14N2O3/c1-21(2,3)16-6-8-17(9-7-16)23-20(25)19-12-15(13-22-19)14-4-10-18(24)11-5-14;1-15(2)17-8-10-18(11-9-17)19-12-13-20(24-19)21(23)22-14-16-6-4-3-5-7-16;1-12(2)13-6-8-15(9-7-13)20-19(24)18-11-17(21-22-18)14-4-3-5-16(23)10-14;20-14-5-1-11(2-6-14)12-9-16(18-10-12)17(22)19-13-3-7-15(21)8-4-13/h4-13,22,24H,1-3H3,(H,23,25);3-13,15H,14H2,1-2H3,(H,22,23);3-12,23H,1-2H3,(H,20,24)(H,21,22);1-10,18,20-21H,(H,19,22). The Morgan fingerprint density at radius 2 is 0.884 bits per heavy atom. The van der Waals surface area contributed by atoms with E-state index in [0.717, 1.165) is 60.1 Å². The van der Waals surface area contributed by atoms with Crippen molar-refractivity contribution >= 4 is 52.0 Å². The third-order valence-electron chi connectivity index (χ3n) is 15.2. The van der Waals surface area contributed by atoms with E-state index in [1.54, 1.807) is 97.3 Å². The van der Waals surface area contributed by atoms with Crippen LogP contribution in [0.25, 0.3) is 44.0 Å². The van der Waals surface area contributed by atoms with Crippen LogP contribution in [0.2, 0.25) is 0 Å². The van der Waals surface area contributed by atoms with Crippen LogP contribution in [0.1, 0.15) is 124 Å². The van der Waals surface area contributed by atoms with Gasteiger partial charge in [0.05, 0.1) is 10.6 Å². The number of carbonyl (C=O) groups excluding carboxylic acids is 4. The summed E-state index contributed by atoms with van der Waals surface area (Å²) in [7, 11) is 0. The van der Waals surface area contributed by atoms with Gasteiger partial charge in [0, 0.05) is 46.4 Å². The highest BCUT2D eigenvalue weighted by Gasteiger charge is 2.17. The summed E-state index contributed by atoms with van der Waals surface area (Å²) < 4.78 is 0. The van der Waals surface area contributed by atoms with E-state index in [4.69, 9.17) is 0 Å². The molecule has 17 heteroatoms. The van der Waals surface area contributed by atoms with Crippen LogP contribution >= 0.6 is 11.3 Å². The normalized spacial score (nSPS) is 10.8. The fourth-order valence-corrected chi connectivity index (χ4v) is 10.5. The van der Waals surface area contributed by atoms with Gasteiger partial charge in [0.25, 0.3) is 23.6 Å². The first-order valence-electron chi connectivity index (χ1n) is 30.9. The third kappa shape index (κ3) is 19.4. The molecular formula is C78H76N8O8S. The number of thiophene rings is 1. The van der Waals surface area contributed by atoms with Crippen molar-refractivity contribution in [3.8, 4) is 66.9 Å². The highest BCUT2D eigenvalue weighted by Crippen LogP contribution is 2.31. The zero-order valence-corrected chi connectivity index (χ0v) is 54.5. The zero-order chi connectivity index (χ0) is 67.6. The van der Waals surface area contributed by atoms with Crippen molar-refractivity contribution in [2.45, 2.75) is 72.3 Å². The van der Waals surface area contributed by atoms with Crippen LogP contribution in [0, 0.1) is 0 Å². The number of nitrogens with zero attached hydrogens (tertiary/aromatic N) is 1. The number of aromatic nitrogens is 4. The molecule has 4 aromatic heterocycles. The van der Waals surface area contributed by atoms with Crippen molar-refractivity contribution in [2.75, 3.05) is 16.0 Å². The summed E-state index contributed by atoms with van der Waals surface area (Å²) >= 11 is 1.53. The van der Waals surface area contributed by atoms with E-state index in [-0.39, 0.29) is 52.0 Å².